The Morgan fingerprint density at radius 1 is 1.04 bits per heavy atom. The van der Waals surface area contributed by atoms with Crippen molar-refractivity contribution in [1.82, 2.24) is 0 Å². The van der Waals surface area contributed by atoms with Gasteiger partial charge in [-0.3, -0.25) is 4.79 Å². The Labute approximate surface area is 152 Å². The minimum Gasteiger partial charge on any atom is -0.453 e. The van der Waals surface area contributed by atoms with Crippen molar-refractivity contribution in [3.8, 4) is 0 Å². The van der Waals surface area contributed by atoms with Gasteiger partial charge in [-0.05, 0) is 67.6 Å². The average Bonchev–Trinajstić information content (AvgIpc) is 3.36. The molecule has 0 aromatic carbocycles. The molecule has 0 aromatic rings. The molecule has 0 radical (unpaired) electrons. The number of aliphatic hydroxyl groups is 1. The van der Waals surface area contributed by atoms with E-state index in [0.717, 1.165) is 12.8 Å². The predicted octanol–water partition coefficient (Wildman–Crippen LogP) is 3.13. The third-order valence-electron chi connectivity index (χ3n) is 7.98. The summed E-state index contributed by atoms with van der Waals surface area (Å²) in [4.78, 5) is 12.6. The maximum atomic E-state index is 14.2. The van der Waals surface area contributed by atoms with Gasteiger partial charge in [0, 0.05) is 0 Å². The highest BCUT2D eigenvalue weighted by Gasteiger charge is 2.78. The van der Waals surface area contributed by atoms with Gasteiger partial charge in [0.25, 0.3) is 0 Å². The first-order valence-electron chi connectivity index (χ1n) is 9.56. The zero-order valence-electron chi connectivity index (χ0n) is 14.4. The standard InChI is InChI=1S/C18H21F5O4/c19-16(20)12(6-26-17(16,25)18(21,22)23)27-15(24)11-5-9-4-10(11)14-8-2-1-7(3-8)13(9)14/h7-14,25H,1-6H2. The molecule has 1 aliphatic heterocycles. The number of fused-ring (bicyclic) bond motifs is 9. The SMILES string of the molecule is O=C(OC1COC(O)(C(F)(F)F)C1(F)F)C1CC2CC1C1C3CCC(C3)C21. The molecular weight excluding hydrogens is 375 g/mol. The molecular formula is C18H21F5O4. The van der Waals surface area contributed by atoms with Crippen molar-refractivity contribution in [1.29, 1.82) is 0 Å². The lowest BCUT2D eigenvalue weighted by atomic mass is 9.67. The molecule has 5 aliphatic rings. The molecule has 5 fully saturated rings. The van der Waals surface area contributed by atoms with Crippen molar-refractivity contribution < 1.29 is 41.3 Å². The maximum Gasteiger partial charge on any atom is 0.449 e. The average molecular weight is 396 g/mol. The molecule has 4 aliphatic carbocycles. The molecule has 4 bridgehead atoms. The molecule has 1 N–H and O–H groups in total. The number of hydrogen-bond acceptors (Lipinski definition) is 4. The molecule has 1 saturated heterocycles. The summed E-state index contributed by atoms with van der Waals surface area (Å²) in [7, 11) is 0. The lowest BCUT2D eigenvalue weighted by Gasteiger charge is -2.38. The summed E-state index contributed by atoms with van der Waals surface area (Å²) >= 11 is 0. The number of hydrogen-bond donors (Lipinski definition) is 1. The molecule has 4 nitrogen and oxygen atoms in total. The van der Waals surface area contributed by atoms with Crippen LogP contribution in [0.5, 0.6) is 0 Å². The van der Waals surface area contributed by atoms with E-state index in [2.05, 4.69) is 4.74 Å². The van der Waals surface area contributed by atoms with Crippen LogP contribution in [0.4, 0.5) is 22.0 Å². The van der Waals surface area contributed by atoms with Crippen LogP contribution in [0.3, 0.4) is 0 Å². The van der Waals surface area contributed by atoms with Crippen LogP contribution in [-0.4, -0.2) is 41.7 Å². The molecule has 9 heteroatoms. The third-order valence-corrected chi connectivity index (χ3v) is 7.98. The molecule has 9 unspecified atom stereocenters. The van der Waals surface area contributed by atoms with E-state index in [1.54, 1.807) is 0 Å². The van der Waals surface area contributed by atoms with Gasteiger partial charge in [0.15, 0.2) is 6.10 Å². The Balaban J connectivity index is 1.30. The van der Waals surface area contributed by atoms with Crippen molar-refractivity contribution in [2.45, 2.75) is 56.1 Å². The van der Waals surface area contributed by atoms with Crippen molar-refractivity contribution in [3.63, 3.8) is 0 Å². The Morgan fingerprint density at radius 3 is 2.33 bits per heavy atom. The second-order valence-corrected chi connectivity index (χ2v) is 8.99. The fraction of sp³-hybridized carbons (Fsp3) is 0.944. The predicted molar refractivity (Wildman–Crippen MR) is 79.3 cm³/mol. The van der Waals surface area contributed by atoms with Gasteiger partial charge in [0.05, 0.1) is 12.5 Å². The lowest BCUT2D eigenvalue weighted by molar-refractivity contribution is -0.405. The fourth-order valence-electron chi connectivity index (χ4n) is 7.06. The summed E-state index contributed by atoms with van der Waals surface area (Å²) in [5, 5.41) is 9.32. The molecule has 9 atom stereocenters. The summed E-state index contributed by atoms with van der Waals surface area (Å²) in [5.41, 5.74) is 0. The number of carbonyl (C=O) groups is 1. The molecule has 27 heavy (non-hydrogen) atoms. The van der Waals surface area contributed by atoms with Crippen LogP contribution < -0.4 is 0 Å². The molecule has 152 valence electrons. The Hall–Kier alpha value is -0.960. The molecule has 0 amide bonds. The third kappa shape index (κ3) is 2.18. The van der Waals surface area contributed by atoms with Crippen molar-refractivity contribution in [2.75, 3.05) is 6.61 Å². The van der Waals surface area contributed by atoms with Crippen LogP contribution in [0.15, 0.2) is 0 Å². The van der Waals surface area contributed by atoms with Crippen LogP contribution in [0, 0.1) is 41.4 Å². The van der Waals surface area contributed by atoms with Crippen LogP contribution >= 0.6 is 0 Å². The Morgan fingerprint density at radius 2 is 1.70 bits per heavy atom. The largest absolute Gasteiger partial charge is 0.453 e. The quantitative estimate of drug-likeness (QED) is 0.443. The summed E-state index contributed by atoms with van der Waals surface area (Å²) in [6, 6.07) is 0. The Bertz CT molecular complexity index is 667. The van der Waals surface area contributed by atoms with Crippen molar-refractivity contribution in [3.05, 3.63) is 0 Å². The van der Waals surface area contributed by atoms with Gasteiger partial charge in [-0.15, -0.1) is 0 Å². The van der Waals surface area contributed by atoms with E-state index in [9.17, 15) is 31.9 Å². The number of ether oxygens (including phenoxy) is 2. The summed E-state index contributed by atoms with van der Waals surface area (Å²) in [6.45, 7) is -1.19. The van der Waals surface area contributed by atoms with Gasteiger partial charge in [-0.1, -0.05) is 0 Å². The smallest absolute Gasteiger partial charge is 0.449 e. The second kappa shape index (κ2) is 5.34. The second-order valence-electron chi connectivity index (χ2n) is 8.99. The van der Waals surface area contributed by atoms with Gasteiger partial charge >= 0.3 is 23.9 Å². The van der Waals surface area contributed by atoms with Gasteiger partial charge < -0.3 is 14.6 Å². The first-order chi connectivity index (χ1) is 12.5. The van der Waals surface area contributed by atoms with Gasteiger partial charge in [-0.25, -0.2) is 0 Å². The molecule has 0 aromatic heterocycles. The van der Waals surface area contributed by atoms with Crippen LogP contribution in [0.1, 0.15) is 32.1 Å². The molecule has 1 heterocycles. The summed E-state index contributed by atoms with van der Waals surface area (Å²) in [5.74, 6) is -7.99. The topological polar surface area (TPSA) is 55.8 Å². The zero-order chi connectivity index (χ0) is 19.4. The lowest BCUT2D eigenvalue weighted by Crippen LogP contribution is -2.59. The van der Waals surface area contributed by atoms with E-state index in [1.165, 1.54) is 12.8 Å². The maximum absolute atomic E-state index is 14.2. The number of alkyl halides is 5. The minimum absolute atomic E-state index is 0.0836. The van der Waals surface area contributed by atoms with Gasteiger partial charge in [0.1, 0.15) is 0 Å². The first-order valence-corrected chi connectivity index (χ1v) is 9.56. The highest BCUT2D eigenvalue weighted by Crippen LogP contribution is 2.69. The van der Waals surface area contributed by atoms with Crippen LogP contribution in [0.2, 0.25) is 0 Å². The van der Waals surface area contributed by atoms with Gasteiger partial charge in [-0.2, -0.15) is 22.0 Å². The zero-order valence-corrected chi connectivity index (χ0v) is 14.4. The first kappa shape index (κ1) is 18.1. The highest BCUT2D eigenvalue weighted by molar-refractivity contribution is 5.74. The summed E-state index contributed by atoms with van der Waals surface area (Å²) < 4.78 is 75.5. The van der Waals surface area contributed by atoms with Gasteiger partial charge in [0.2, 0.25) is 0 Å². The van der Waals surface area contributed by atoms with Crippen molar-refractivity contribution in [2.24, 2.45) is 41.4 Å². The number of halogens is 5. The molecule has 0 spiro atoms. The highest BCUT2D eigenvalue weighted by atomic mass is 19.4. The minimum atomic E-state index is -5.69. The number of rotatable bonds is 2. The Kier molecular flexibility index (Phi) is 3.58. The molecule has 5 rings (SSSR count). The van der Waals surface area contributed by atoms with E-state index in [-0.39, 0.29) is 5.92 Å². The van der Waals surface area contributed by atoms with Crippen LogP contribution in [-0.2, 0) is 14.3 Å². The fourth-order valence-corrected chi connectivity index (χ4v) is 7.06. The monoisotopic (exact) mass is 396 g/mol. The number of carbonyl (C=O) groups excluding carboxylic acids is 1. The normalized spacial score (nSPS) is 52.4. The number of esters is 1. The van der Waals surface area contributed by atoms with E-state index in [4.69, 9.17) is 4.74 Å². The van der Waals surface area contributed by atoms with E-state index >= 15 is 0 Å². The van der Waals surface area contributed by atoms with Crippen molar-refractivity contribution >= 4 is 5.97 Å². The van der Waals surface area contributed by atoms with E-state index in [1.807, 2.05) is 0 Å². The van der Waals surface area contributed by atoms with E-state index < -0.39 is 42.5 Å². The molecule has 4 saturated carbocycles. The van der Waals surface area contributed by atoms with E-state index in [0.29, 0.717) is 36.0 Å². The van der Waals surface area contributed by atoms with Crippen LogP contribution in [0.25, 0.3) is 0 Å². The summed E-state index contributed by atoms with van der Waals surface area (Å²) in [6.07, 6.45) is -3.14.